The van der Waals surface area contributed by atoms with E-state index in [1.54, 1.807) is 6.07 Å². The van der Waals surface area contributed by atoms with Crippen LogP contribution in [0, 0.1) is 0 Å². The number of carbonyl (C=O) groups is 1. The average molecular weight is 232 g/mol. The molecule has 1 amide bonds. The van der Waals surface area contributed by atoms with E-state index < -0.39 is 0 Å². The van der Waals surface area contributed by atoms with Gasteiger partial charge in [-0.1, -0.05) is 35.5 Å². The Hall–Kier alpha value is -2.14. The number of nitrogens with zero attached hydrogens (tertiary/aromatic N) is 2. The molecule has 0 bridgehead atoms. The molecule has 5 nitrogen and oxygen atoms in total. The van der Waals surface area contributed by atoms with Gasteiger partial charge in [0.15, 0.2) is 0 Å². The van der Waals surface area contributed by atoms with Gasteiger partial charge in [0.05, 0.1) is 7.11 Å². The third kappa shape index (κ3) is 2.34. The van der Waals surface area contributed by atoms with Crippen molar-refractivity contribution in [3.63, 3.8) is 0 Å². The minimum absolute atomic E-state index is 0.146. The van der Waals surface area contributed by atoms with Gasteiger partial charge in [-0.15, -0.1) is 0 Å². The van der Waals surface area contributed by atoms with Crippen LogP contribution in [0.15, 0.2) is 40.9 Å². The summed E-state index contributed by atoms with van der Waals surface area (Å²) < 4.78 is 4.98. The number of hydroxylamine groups is 2. The molecule has 2 aromatic rings. The Balaban J connectivity index is 2.25. The van der Waals surface area contributed by atoms with Crippen LogP contribution in [0.4, 0.5) is 0 Å². The molecule has 0 aliphatic heterocycles. The molecule has 0 spiro atoms. The Kier molecular flexibility index (Phi) is 3.20. The maximum absolute atomic E-state index is 11.7. The van der Waals surface area contributed by atoms with Crippen LogP contribution in [-0.4, -0.2) is 30.3 Å². The standard InChI is InChI=1S/C12H12N2O3/c1-14(16-2)12(15)11-8-10(13-17-11)9-6-4-3-5-7-9/h3-8H,1-2H3. The molecule has 0 N–H and O–H groups in total. The van der Waals surface area contributed by atoms with Crippen LogP contribution in [0.1, 0.15) is 10.6 Å². The lowest BCUT2D eigenvalue weighted by Crippen LogP contribution is -2.24. The number of rotatable bonds is 3. The Morgan fingerprint density at radius 2 is 2.06 bits per heavy atom. The first-order valence-corrected chi connectivity index (χ1v) is 5.06. The van der Waals surface area contributed by atoms with E-state index in [-0.39, 0.29) is 11.7 Å². The summed E-state index contributed by atoms with van der Waals surface area (Å²) in [6, 6.07) is 11.1. The molecule has 0 aliphatic rings. The fourth-order valence-electron chi connectivity index (χ4n) is 1.36. The van der Waals surface area contributed by atoms with Gasteiger partial charge in [0, 0.05) is 18.7 Å². The molecule has 2 rings (SSSR count). The number of benzene rings is 1. The van der Waals surface area contributed by atoms with Gasteiger partial charge in [-0.3, -0.25) is 9.63 Å². The molecular weight excluding hydrogens is 220 g/mol. The van der Waals surface area contributed by atoms with Crippen LogP contribution >= 0.6 is 0 Å². The monoisotopic (exact) mass is 232 g/mol. The molecule has 1 aromatic heterocycles. The summed E-state index contributed by atoms with van der Waals surface area (Å²) in [7, 11) is 2.92. The zero-order valence-corrected chi connectivity index (χ0v) is 9.58. The molecule has 1 aromatic carbocycles. The van der Waals surface area contributed by atoms with E-state index in [1.807, 2.05) is 30.3 Å². The van der Waals surface area contributed by atoms with Gasteiger partial charge in [0.2, 0.25) is 5.76 Å². The lowest BCUT2D eigenvalue weighted by Gasteiger charge is -2.10. The Labute approximate surface area is 98.5 Å². The maximum Gasteiger partial charge on any atom is 0.315 e. The van der Waals surface area contributed by atoms with Crippen molar-refractivity contribution in [2.45, 2.75) is 0 Å². The average Bonchev–Trinajstić information content (AvgIpc) is 2.87. The quantitative estimate of drug-likeness (QED) is 0.759. The number of hydrogen-bond acceptors (Lipinski definition) is 4. The third-order valence-corrected chi connectivity index (χ3v) is 2.35. The summed E-state index contributed by atoms with van der Waals surface area (Å²) >= 11 is 0. The summed E-state index contributed by atoms with van der Waals surface area (Å²) in [6.45, 7) is 0. The zero-order chi connectivity index (χ0) is 12.3. The number of carbonyl (C=O) groups excluding carboxylic acids is 1. The lowest BCUT2D eigenvalue weighted by atomic mass is 10.1. The number of hydrogen-bond donors (Lipinski definition) is 0. The van der Waals surface area contributed by atoms with E-state index in [1.165, 1.54) is 14.2 Å². The highest BCUT2D eigenvalue weighted by Gasteiger charge is 2.17. The highest BCUT2D eigenvalue weighted by atomic mass is 16.7. The maximum atomic E-state index is 11.7. The fourth-order valence-corrected chi connectivity index (χ4v) is 1.36. The van der Waals surface area contributed by atoms with Gasteiger partial charge in [0.1, 0.15) is 5.69 Å². The summed E-state index contributed by atoms with van der Waals surface area (Å²) in [5, 5.41) is 4.92. The summed E-state index contributed by atoms with van der Waals surface area (Å²) in [6.07, 6.45) is 0. The van der Waals surface area contributed by atoms with Crippen molar-refractivity contribution in [2.75, 3.05) is 14.2 Å². The summed E-state index contributed by atoms with van der Waals surface area (Å²) in [5.41, 5.74) is 1.52. The molecule has 17 heavy (non-hydrogen) atoms. The zero-order valence-electron chi connectivity index (χ0n) is 9.58. The highest BCUT2D eigenvalue weighted by molar-refractivity contribution is 5.91. The van der Waals surface area contributed by atoms with Gasteiger partial charge in [-0.2, -0.15) is 0 Å². The Morgan fingerprint density at radius 3 is 2.71 bits per heavy atom. The summed E-state index contributed by atoms with van der Waals surface area (Å²) in [5.74, 6) is -0.226. The van der Waals surface area contributed by atoms with Crippen LogP contribution in [0.5, 0.6) is 0 Å². The van der Waals surface area contributed by atoms with E-state index in [0.29, 0.717) is 5.69 Å². The second-order valence-corrected chi connectivity index (χ2v) is 3.43. The lowest BCUT2D eigenvalue weighted by molar-refractivity contribution is -0.0776. The fraction of sp³-hybridized carbons (Fsp3) is 0.167. The summed E-state index contributed by atoms with van der Waals surface area (Å²) in [4.78, 5) is 16.5. The van der Waals surface area contributed by atoms with E-state index in [0.717, 1.165) is 10.6 Å². The van der Waals surface area contributed by atoms with E-state index in [4.69, 9.17) is 9.36 Å². The first-order chi connectivity index (χ1) is 8.22. The first-order valence-electron chi connectivity index (χ1n) is 5.06. The van der Waals surface area contributed by atoms with Crippen LogP contribution in [-0.2, 0) is 4.84 Å². The van der Waals surface area contributed by atoms with Crippen molar-refractivity contribution in [1.29, 1.82) is 0 Å². The largest absolute Gasteiger partial charge is 0.350 e. The van der Waals surface area contributed by atoms with E-state index in [2.05, 4.69) is 5.16 Å². The molecule has 5 heteroatoms. The van der Waals surface area contributed by atoms with Crippen LogP contribution in [0.2, 0.25) is 0 Å². The second-order valence-electron chi connectivity index (χ2n) is 3.43. The predicted octanol–water partition coefficient (Wildman–Crippen LogP) is 1.97. The van der Waals surface area contributed by atoms with Crippen molar-refractivity contribution in [3.8, 4) is 11.3 Å². The van der Waals surface area contributed by atoms with Crippen LogP contribution in [0.25, 0.3) is 11.3 Å². The molecule has 0 atom stereocenters. The van der Waals surface area contributed by atoms with Crippen molar-refractivity contribution >= 4 is 5.91 Å². The molecule has 0 saturated carbocycles. The molecule has 0 unspecified atom stereocenters. The SMILES string of the molecule is CON(C)C(=O)c1cc(-c2ccccc2)no1. The second kappa shape index (κ2) is 4.80. The number of aromatic nitrogens is 1. The molecule has 0 saturated heterocycles. The number of amides is 1. The Morgan fingerprint density at radius 1 is 1.35 bits per heavy atom. The minimum atomic E-state index is -0.373. The Bertz CT molecular complexity index is 507. The topological polar surface area (TPSA) is 55.6 Å². The van der Waals surface area contributed by atoms with Gasteiger partial charge >= 0.3 is 5.91 Å². The van der Waals surface area contributed by atoms with Gasteiger partial charge < -0.3 is 4.52 Å². The molecular formula is C12H12N2O3. The van der Waals surface area contributed by atoms with E-state index in [9.17, 15) is 4.79 Å². The smallest absolute Gasteiger partial charge is 0.315 e. The van der Waals surface area contributed by atoms with Crippen LogP contribution in [0.3, 0.4) is 0 Å². The van der Waals surface area contributed by atoms with Crippen molar-refractivity contribution in [3.05, 3.63) is 42.2 Å². The highest BCUT2D eigenvalue weighted by Crippen LogP contribution is 2.19. The van der Waals surface area contributed by atoms with Crippen molar-refractivity contribution < 1.29 is 14.2 Å². The minimum Gasteiger partial charge on any atom is -0.350 e. The van der Waals surface area contributed by atoms with Crippen molar-refractivity contribution in [2.24, 2.45) is 0 Å². The van der Waals surface area contributed by atoms with Gasteiger partial charge in [-0.25, -0.2) is 5.06 Å². The third-order valence-electron chi connectivity index (χ3n) is 2.35. The molecule has 0 radical (unpaired) electrons. The predicted molar refractivity (Wildman–Crippen MR) is 61.0 cm³/mol. The van der Waals surface area contributed by atoms with Gasteiger partial charge in [0.25, 0.3) is 0 Å². The normalized spacial score (nSPS) is 10.2. The van der Waals surface area contributed by atoms with Crippen molar-refractivity contribution in [1.82, 2.24) is 10.2 Å². The molecule has 0 fully saturated rings. The van der Waals surface area contributed by atoms with Gasteiger partial charge in [-0.05, 0) is 0 Å². The van der Waals surface area contributed by atoms with Crippen LogP contribution < -0.4 is 0 Å². The van der Waals surface area contributed by atoms with E-state index >= 15 is 0 Å². The molecule has 88 valence electrons. The molecule has 0 aliphatic carbocycles. The first kappa shape index (κ1) is 11.3. The molecule has 1 heterocycles.